The van der Waals surface area contributed by atoms with Gasteiger partial charge in [0.2, 0.25) is 5.88 Å². The second-order valence-electron chi connectivity index (χ2n) is 9.64. The van der Waals surface area contributed by atoms with Gasteiger partial charge in [0, 0.05) is 29.8 Å². The molecule has 202 valence electrons. The number of carbonyl (C=O) groups excluding carboxylic acids is 1. The van der Waals surface area contributed by atoms with Crippen LogP contribution in [0.2, 0.25) is 0 Å². The van der Waals surface area contributed by atoms with Crippen LogP contribution in [0.4, 0.5) is 0 Å². The normalized spacial score (nSPS) is 18.4. The lowest BCUT2D eigenvalue weighted by Gasteiger charge is -2.18. The Morgan fingerprint density at radius 3 is 2.59 bits per heavy atom. The van der Waals surface area contributed by atoms with E-state index in [0.717, 1.165) is 59.6 Å². The molecule has 5 rings (SSSR count). The van der Waals surface area contributed by atoms with E-state index in [1.807, 2.05) is 48.7 Å². The molecule has 1 fully saturated rings. The number of hydrogen-bond acceptors (Lipinski definition) is 7. The molecule has 3 atom stereocenters. The van der Waals surface area contributed by atoms with Crippen LogP contribution in [0.5, 0.6) is 17.4 Å². The first-order valence-electron chi connectivity index (χ1n) is 13.3. The molecular weight excluding hydrogens is 494 g/mol. The number of esters is 1. The maximum Gasteiger partial charge on any atom is 0.307 e. The van der Waals surface area contributed by atoms with Gasteiger partial charge < -0.3 is 23.7 Å². The van der Waals surface area contributed by atoms with E-state index in [1.54, 1.807) is 14.0 Å². The summed E-state index contributed by atoms with van der Waals surface area (Å²) in [5.74, 6) is 7.71. The largest absolute Gasteiger partial charge is 0.496 e. The van der Waals surface area contributed by atoms with Crippen molar-refractivity contribution in [2.45, 2.75) is 50.7 Å². The summed E-state index contributed by atoms with van der Waals surface area (Å²) in [6.45, 7) is 3.11. The molecule has 39 heavy (non-hydrogen) atoms. The molecule has 1 saturated heterocycles. The predicted molar refractivity (Wildman–Crippen MR) is 147 cm³/mol. The zero-order chi connectivity index (χ0) is 27.2. The van der Waals surface area contributed by atoms with Gasteiger partial charge in [0.15, 0.2) is 0 Å². The standard InChI is InChI=1S/C32H33NO6/c1-4-5-22(18-31(34)36-3)21-6-9-24(10-7-21)38-28-13-12-27-26(28)11-14-29(35-2)32(27)23-8-15-30(33-19-23)39-25-16-17-37-20-25/h6-11,14-15,19,22,25,28H,12-13,16-18,20H2,1-3H3/t22-,25+,28+/m0/s1. The third kappa shape index (κ3) is 6.02. The van der Waals surface area contributed by atoms with Crippen molar-refractivity contribution in [1.82, 2.24) is 4.98 Å². The first-order chi connectivity index (χ1) is 19.1. The van der Waals surface area contributed by atoms with Gasteiger partial charge in [-0.15, -0.1) is 5.92 Å². The number of carbonyl (C=O) groups is 1. The predicted octanol–water partition coefficient (Wildman–Crippen LogP) is 5.66. The minimum atomic E-state index is -0.280. The van der Waals surface area contributed by atoms with E-state index in [-0.39, 0.29) is 30.5 Å². The fraction of sp³-hybridized carbons (Fsp3) is 0.375. The number of methoxy groups -OCH3 is 2. The molecule has 2 heterocycles. The summed E-state index contributed by atoms with van der Waals surface area (Å²) in [5, 5.41) is 0. The molecule has 2 aliphatic rings. The van der Waals surface area contributed by atoms with E-state index < -0.39 is 0 Å². The van der Waals surface area contributed by atoms with Gasteiger partial charge in [-0.05, 0) is 60.7 Å². The number of pyridine rings is 1. The Hall–Kier alpha value is -4.02. The van der Waals surface area contributed by atoms with Gasteiger partial charge in [-0.1, -0.05) is 24.1 Å². The molecule has 0 N–H and O–H groups in total. The first kappa shape index (κ1) is 26.6. The van der Waals surface area contributed by atoms with Crippen LogP contribution in [-0.4, -0.2) is 44.5 Å². The molecule has 2 aromatic carbocycles. The van der Waals surface area contributed by atoms with Crippen molar-refractivity contribution in [2.75, 3.05) is 27.4 Å². The highest BCUT2D eigenvalue weighted by Crippen LogP contribution is 2.44. The highest BCUT2D eigenvalue weighted by Gasteiger charge is 2.29. The lowest BCUT2D eigenvalue weighted by molar-refractivity contribution is -0.140. The van der Waals surface area contributed by atoms with Crippen LogP contribution in [0.3, 0.4) is 0 Å². The molecule has 7 heteroatoms. The molecule has 1 aromatic heterocycles. The zero-order valence-electron chi connectivity index (χ0n) is 22.6. The summed E-state index contributed by atoms with van der Waals surface area (Å²) in [4.78, 5) is 16.4. The smallest absolute Gasteiger partial charge is 0.307 e. The van der Waals surface area contributed by atoms with Gasteiger partial charge >= 0.3 is 5.97 Å². The van der Waals surface area contributed by atoms with Gasteiger partial charge in [-0.2, -0.15) is 0 Å². The van der Waals surface area contributed by atoms with Crippen molar-refractivity contribution in [3.8, 4) is 40.3 Å². The average Bonchev–Trinajstić information content (AvgIpc) is 3.63. The van der Waals surface area contributed by atoms with Crippen LogP contribution in [0, 0.1) is 11.8 Å². The van der Waals surface area contributed by atoms with Gasteiger partial charge in [0.05, 0.1) is 39.8 Å². The third-order valence-corrected chi connectivity index (χ3v) is 7.21. The second-order valence-corrected chi connectivity index (χ2v) is 9.64. The number of nitrogens with zero attached hydrogens (tertiary/aromatic N) is 1. The van der Waals surface area contributed by atoms with Crippen molar-refractivity contribution in [2.24, 2.45) is 0 Å². The van der Waals surface area contributed by atoms with E-state index in [4.69, 9.17) is 23.7 Å². The fourth-order valence-corrected chi connectivity index (χ4v) is 5.25. The average molecular weight is 528 g/mol. The summed E-state index contributed by atoms with van der Waals surface area (Å²) in [7, 11) is 3.08. The molecule has 0 amide bonds. The topological polar surface area (TPSA) is 76.1 Å². The number of ether oxygens (including phenoxy) is 5. The molecule has 1 aliphatic carbocycles. The second kappa shape index (κ2) is 12.2. The Balaban J connectivity index is 1.34. The summed E-state index contributed by atoms with van der Waals surface area (Å²) in [6, 6.07) is 15.9. The summed E-state index contributed by atoms with van der Waals surface area (Å²) in [6.07, 6.45) is 4.66. The fourth-order valence-electron chi connectivity index (χ4n) is 5.25. The molecule has 0 bridgehead atoms. The molecule has 3 aromatic rings. The van der Waals surface area contributed by atoms with Crippen LogP contribution >= 0.6 is 0 Å². The molecule has 0 saturated carbocycles. The molecule has 0 unspecified atom stereocenters. The third-order valence-electron chi connectivity index (χ3n) is 7.21. The molecule has 7 nitrogen and oxygen atoms in total. The Morgan fingerprint density at radius 2 is 1.92 bits per heavy atom. The van der Waals surface area contributed by atoms with E-state index in [9.17, 15) is 4.79 Å². The van der Waals surface area contributed by atoms with Crippen LogP contribution < -0.4 is 14.2 Å². The summed E-state index contributed by atoms with van der Waals surface area (Å²) >= 11 is 0. The van der Waals surface area contributed by atoms with Gasteiger partial charge in [0.1, 0.15) is 23.7 Å². The van der Waals surface area contributed by atoms with Crippen LogP contribution in [0.1, 0.15) is 54.9 Å². The van der Waals surface area contributed by atoms with Crippen LogP contribution in [0.15, 0.2) is 54.7 Å². The lowest BCUT2D eigenvalue weighted by Crippen LogP contribution is -2.16. The van der Waals surface area contributed by atoms with E-state index in [0.29, 0.717) is 12.5 Å². The van der Waals surface area contributed by atoms with Crippen molar-refractivity contribution < 1.29 is 28.5 Å². The molecule has 1 aliphatic heterocycles. The minimum Gasteiger partial charge on any atom is -0.496 e. The number of benzene rings is 2. The molecular formula is C32H33NO6. The van der Waals surface area contributed by atoms with Crippen molar-refractivity contribution >= 4 is 5.97 Å². The zero-order valence-corrected chi connectivity index (χ0v) is 22.6. The van der Waals surface area contributed by atoms with Crippen LogP contribution in [-0.2, 0) is 20.7 Å². The Bertz CT molecular complexity index is 1350. The minimum absolute atomic E-state index is 0.0594. The van der Waals surface area contributed by atoms with Crippen LogP contribution in [0.25, 0.3) is 11.1 Å². The molecule has 0 spiro atoms. The van der Waals surface area contributed by atoms with E-state index in [1.165, 1.54) is 12.7 Å². The number of hydrogen-bond donors (Lipinski definition) is 0. The maximum atomic E-state index is 11.8. The van der Waals surface area contributed by atoms with Gasteiger partial charge in [-0.3, -0.25) is 4.79 Å². The number of fused-ring (bicyclic) bond motifs is 1. The van der Waals surface area contributed by atoms with Crippen molar-refractivity contribution in [3.63, 3.8) is 0 Å². The van der Waals surface area contributed by atoms with E-state index in [2.05, 4.69) is 22.9 Å². The quantitative estimate of drug-likeness (QED) is 0.262. The Morgan fingerprint density at radius 1 is 1.08 bits per heavy atom. The Labute approximate surface area is 229 Å². The van der Waals surface area contributed by atoms with Gasteiger partial charge in [-0.25, -0.2) is 4.98 Å². The summed E-state index contributed by atoms with van der Waals surface area (Å²) in [5.41, 5.74) is 5.35. The lowest BCUT2D eigenvalue weighted by atomic mass is 9.96. The SMILES string of the molecule is CC#C[C@@H](CC(=O)OC)c1ccc(O[C@@H]2CCc3c2ccc(OC)c3-c2ccc(O[C@@H]3CCOC3)nc2)cc1. The highest BCUT2D eigenvalue weighted by atomic mass is 16.5. The maximum absolute atomic E-state index is 11.8. The van der Waals surface area contributed by atoms with E-state index >= 15 is 0 Å². The number of rotatable bonds is 9. The summed E-state index contributed by atoms with van der Waals surface area (Å²) < 4.78 is 28.4. The monoisotopic (exact) mass is 527 g/mol. The Kier molecular flexibility index (Phi) is 8.33. The molecule has 0 radical (unpaired) electrons. The number of aromatic nitrogens is 1. The van der Waals surface area contributed by atoms with Gasteiger partial charge in [0.25, 0.3) is 0 Å². The highest BCUT2D eigenvalue weighted by molar-refractivity contribution is 5.76. The first-order valence-corrected chi connectivity index (χ1v) is 13.3. The van der Waals surface area contributed by atoms with Crippen molar-refractivity contribution in [1.29, 1.82) is 0 Å². The van der Waals surface area contributed by atoms with Crippen molar-refractivity contribution in [3.05, 3.63) is 71.4 Å².